The molecule has 2 aromatic rings. The maximum Gasteiger partial charge on any atom is 0.330 e. The van der Waals surface area contributed by atoms with E-state index in [2.05, 4.69) is 27.1 Å². The molecule has 1 saturated heterocycles. The van der Waals surface area contributed by atoms with Gasteiger partial charge in [-0.1, -0.05) is 5.92 Å². The minimum atomic E-state index is -0.612. The molecule has 0 spiro atoms. The lowest BCUT2D eigenvalue weighted by molar-refractivity contribution is -0.156. The Balaban J connectivity index is 2.15. The molecule has 1 atom stereocenters. The average Bonchev–Trinajstić information content (AvgIpc) is 3.01. The summed E-state index contributed by atoms with van der Waals surface area (Å²) in [4.78, 5) is 36.3. The normalized spacial score (nSPS) is 17.2. The van der Waals surface area contributed by atoms with E-state index in [0.717, 1.165) is 0 Å². The molecule has 3 rings (SSSR count). The predicted molar refractivity (Wildman–Crippen MR) is 111 cm³/mol. The van der Waals surface area contributed by atoms with Crippen molar-refractivity contribution in [3.05, 3.63) is 15.6 Å². The Kier molecular flexibility index (Phi) is 5.87. The first-order chi connectivity index (χ1) is 13.6. The van der Waals surface area contributed by atoms with Crippen molar-refractivity contribution in [3.63, 3.8) is 0 Å². The van der Waals surface area contributed by atoms with Crippen LogP contribution in [0, 0.1) is 11.8 Å². The smallest absolute Gasteiger partial charge is 0.330 e. The van der Waals surface area contributed by atoms with Crippen LogP contribution >= 0.6 is 11.6 Å². The quantitative estimate of drug-likeness (QED) is 0.448. The zero-order chi connectivity index (χ0) is 21.3. The Bertz CT molecular complexity index is 1060. The molecule has 1 unspecified atom stereocenters. The number of nitrogens with zero attached hydrogens (tertiary/aromatic N) is 5. The van der Waals surface area contributed by atoms with Gasteiger partial charge in [0.1, 0.15) is 11.6 Å². The molecule has 9 nitrogen and oxygen atoms in total. The van der Waals surface area contributed by atoms with Crippen molar-refractivity contribution in [2.24, 2.45) is 7.05 Å². The first kappa shape index (κ1) is 21.1. The topological polar surface area (TPSA) is 94.3 Å². The van der Waals surface area contributed by atoms with Gasteiger partial charge >= 0.3 is 5.97 Å². The molecule has 0 amide bonds. The van der Waals surface area contributed by atoms with E-state index < -0.39 is 11.6 Å². The van der Waals surface area contributed by atoms with Crippen LogP contribution in [0.1, 0.15) is 27.7 Å². The number of fused-ring (bicyclic) bond motifs is 1. The maximum absolute atomic E-state index is 12.8. The Morgan fingerprint density at radius 2 is 2.10 bits per heavy atom. The van der Waals surface area contributed by atoms with Crippen molar-refractivity contribution in [3.8, 4) is 11.8 Å². The second-order valence-corrected chi connectivity index (χ2v) is 8.13. The minimum Gasteiger partial charge on any atom is -0.458 e. The van der Waals surface area contributed by atoms with E-state index in [1.54, 1.807) is 18.5 Å². The van der Waals surface area contributed by atoms with Crippen LogP contribution in [-0.2, 0) is 23.1 Å². The summed E-state index contributed by atoms with van der Waals surface area (Å²) >= 11 is 6.07. The van der Waals surface area contributed by atoms with E-state index in [0.29, 0.717) is 31.1 Å². The van der Waals surface area contributed by atoms with Crippen molar-refractivity contribution in [1.82, 2.24) is 24.4 Å². The third-order valence-corrected chi connectivity index (χ3v) is 4.84. The number of piperazine rings is 1. The SMILES string of the molecule is CC#CCn1c(N2CCNCC2C(=O)OC(C)(C)C)nc2nc(Cl)n(C)c(=O)c21. The maximum atomic E-state index is 12.8. The highest BCUT2D eigenvalue weighted by Crippen LogP contribution is 2.24. The molecule has 2 aromatic heterocycles. The molecule has 156 valence electrons. The first-order valence-electron chi connectivity index (χ1n) is 9.36. The molecule has 0 aromatic carbocycles. The number of rotatable bonds is 3. The lowest BCUT2D eigenvalue weighted by Gasteiger charge is -2.36. The summed E-state index contributed by atoms with van der Waals surface area (Å²) in [5.41, 5.74) is -0.400. The van der Waals surface area contributed by atoms with Gasteiger partial charge in [-0.15, -0.1) is 5.92 Å². The molecule has 29 heavy (non-hydrogen) atoms. The second kappa shape index (κ2) is 8.05. The Morgan fingerprint density at radius 1 is 1.38 bits per heavy atom. The molecule has 0 bridgehead atoms. The standard InChI is InChI=1S/C19H25ClN6O3/c1-6-7-9-26-13-14(22-17(20)24(5)15(13)27)23-18(26)25-10-8-21-11-12(25)16(28)29-19(2,3)4/h12,21H,8-11H2,1-5H3. The fourth-order valence-corrected chi connectivity index (χ4v) is 3.33. The number of carbonyl (C=O) groups is 1. The van der Waals surface area contributed by atoms with Gasteiger partial charge in [0.15, 0.2) is 11.2 Å². The van der Waals surface area contributed by atoms with Gasteiger partial charge < -0.3 is 15.0 Å². The third kappa shape index (κ3) is 4.23. The summed E-state index contributed by atoms with van der Waals surface area (Å²) in [5.74, 6) is 5.90. The summed E-state index contributed by atoms with van der Waals surface area (Å²) in [6.45, 7) is 9.03. The van der Waals surface area contributed by atoms with Gasteiger partial charge in [0.25, 0.3) is 5.56 Å². The average molecular weight is 421 g/mol. The van der Waals surface area contributed by atoms with Crippen molar-refractivity contribution >= 4 is 34.7 Å². The molecule has 3 heterocycles. The van der Waals surface area contributed by atoms with Crippen molar-refractivity contribution in [2.75, 3.05) is 24.5 Å². The van der Waals surface area contributed by atoms with Gasteiger partial charge in [0.05, 0.1) is 6.54 Å². The van der Waals surface area contributed by atoms with E-state index >= 15 is 0 Å². The van der Waals surface area contributed by atoms with Gasteiger partial charge in [-0.25, -0.2) is 4.79 Å². The van der Waals surface area contributed by atoms with Crippen LogP contribution in [0.15, 0.2) is 4.79 Å². The largest absolute Gasteiger partial charge is 0.458 e. The molecule has 0 aliphatic carbocycles. The molecule has 0 radical (unpaired) electrons. The highest BCUT2D eigenvalue weighted by Gasteiger charge is 2.35. The molecule has 1 aliphatic rings. The number of halogens is 1. The van der Waals surface area contributed by atoms with Crippen LogP contribution < -0.4 is 15.8 Å². The zero-order valence-electron chi connectivity index (χ0n) is 17.2. The second-order valence-electron chi connectivity index (χ2n) is 7.79. The Morgan fingerprint density at radius 3 is 2.76 bits per heavy atom. The lowest BCUT2D eigenvalue weighted by Crippen LogP contribution is -2.57. The first-order valence-corrected chi connectivity index (χ1v) is 9.74. The molecule has 1 aliphatic heterocycles. The highest BCUT2D eigenvalue weighted by molar-refractivity contribution is 6.28. The number of nitrogens with one attached hydrogen (secondary N) is 1. The Labute approximate surface area is 174 Å². The van der Waals surface area contributed by atoms with Crippen LogP contribution in [0.2, 0.25) is 5.28 Å². The van der Waals surface area contributed by atoms with Crippen molar-refractivity contribution in [2.45, 2.75) is 45.9 Å². The van der Waals surface area contributed by atoms with Gasteiger partial charge in [-0.2, -0.15) is 9.97 Å². The van der Waals surface area contributed by atoms with Gasteiger partial charge in [0, 0.05) is 26.7 Å². The van der Waals surface area contributed by atoms with Crippen molar-refractivity contribution < 1.29 is 9.53 Å². The summed E-state index contributed by atoms with van der Waals surface area (Å²) in [7, 11) is 1.55. The summed E-state index contributed by atoms with van der Waals surface area (Å²) in [5, 5.41) is 3.26. The van der Waals surface area contributed by atoms with E-state index in [1.807, 2.05) is 25.7 Å². The number of anilines is 1. The van der Waals surface area contributed by atoms with E-state index in [1.165, 1.54) is 4.57 Å². The summed E-state index contributed by atoms with van der Waals surface area (Å²) in [6, 6.07) is -0.590. The predicted octanol–water partition coefficient (Wildman–Crippen LogP) is 0.927. The highest BCUT2D eigenvalue weighted by atomic mass is 35.5. The van der Waals surface area contributed by atoms with Crippen LogP contribution in [0.3, 0.4) is 0 Å². The van der Waals surface area contributed by atoms with E-state index in [4.69, 9.17) is 16.3 Å². The summed E-state index contributed by atoms with van der Waals surface area (Å²) in [6.07, 6.45) is 0. The Hall–Kier alpha value is -2.57. The number of esters is 1. The van der Waals surface area contributed by atoms with E-state index in [9.17, 15) is 9.59 Å². The number of carbonyl (C=O) groups excluding carboxylic acids is 1. The zero-order valence-corrected chi connectivity index (χ0v) is 18.0. The number of hydrogen-bond acceptors (Lipinski definition) is 7. The van der Waals surface area contributed by atoms with E-state index in [-0.39, 0.29) is 29.0 Å². The molecular weight excluding hydrogens is 396 g/mol. The molecular formula is C19H25ClN6O3. The number of ether oxygens (including phenoxy) is 1. The lowest BCUT2D eigenvalue weighted by atomic mass is 10.1. The molecule has 1 fully saturated rings. The monoisotopic (exact) mass is 420 g/mol. The van der Waals surface area contributed by atoms with Gasteiger partial charge in [-0.3, -0.25) is 13.9 Å². The molecule has 1 N–H and O–H groups in total. The van der Waals surface area contributed by atoms with Crippen LogP contribution in [-0.4, -0.2) is 56.3 Å². The molecule has 10 heteroatoms. The number of imidazole rings is 1. The van der Waals surface area contributed by atoms with Gasteiger partial charge in [-0.05, 0) is 39.3 Å². The van der Waals surface area contributed by atoms with Crippen molar-refractivity contribution in [1.29, 1.82) is 0 Å². The third-order valence-electron chi connectivity index (χ3n) is 4.50. The number of hydrogen-bond donors (Lipinski definition) is 1. The number of aromatic nitrogens is 4. The minimum absolute atomic E-state index is 0.0456. The van der Waals surface area contributed by atoms with Crippen LogP contribution in [0.25, 0.3) is 11.2 Å². The van der Waals surface area contributed by atoms with Crippen LogP contribution in [0.4, 0.5) is 5.95 Å². The fourth-order valence-electron chi connectivity index (χ4n) is 3.17. The summed E-state index contributed by atoms with van der Waals surface area (Å²) < 4.78 is 8.55. The van der Waals surface area contributed by atoms with Crippen LogP contribution in [0.5, 0.6) is 0 Å². The molecule has 0 saturated carbocycles. The van der Waals surface area contributed by atoms with Gasteiger partial charge in [0.2, 0.25) is 11.2 Å². The fraction of sp³-hybridized carbons (Fsp3) is 0.579.